The van der Waals surface area contributed by atoms with E-state index in [0.717, 1.165) is 11.1 Å². The predicted molar refractivity (Wildman–Crippen MR) is 134 cm³/mol. The molecule has 0 aliphatic rings. The molecule has 0 aliphatic heterocycles. The fraction of sp³-hybridized carbons (Fsp3) is 0.143. The minimum Gasteiger partial charge on any atom is -0.465 e. The molecule has 176 valence electrons. The number of amides is 1. The molecule has 0 bridgehead atoms. The molecule has 7 nitrogen and oxygen atoms in total. The summed E-state index contributed by atoms with van der Waals surface area (Å²) in [7, 11) is 2.51. The number of ether oxygens (including phenoxy) is 2. The summed E-state index contributed by atoms with van der Waals surface area (Å²) in [6, 6.07) is 19.6. The third-order valence-corrected chi connectivity index (χ3v) is 5.75. The number of fused-ring (bicyclic) bond motifs is 1. The summed E-state index contributed by atoms with van der Waals surface area (Å²) in [6.45, 7) is 3.79. The smallest absolute Gasteiger partial charge is 0.339 e. The van der Waals surface area contributed by atoms with Crippen molar-refractivity contribution in [3.8, 4) is 11.3 Å². The lowest BCUT2D eigenvalue weighted by atomic mass is 9.96. The highest BCUT2D eigenvalue weighted by atomic mass is 16.5. The van der Waals surface area contributed by atoms with Crippen LogP contribution in [-0.2, 0) is 9.47 Å². The number of aryl methyl sites for hydroxylation is 1. The van der Waals surface area contributed by atoms with Crippen molar-refractivity contribution < 1.29 is 23.9 Å². The molecule has 4 aromatic rings. The molecule has 0 saturated heterocycles. The molecular weight excluding hydrogens is 444 g/mol. The van der Waals surface area contributed by atoms with Gasteiger partial charge in [0.25, 0.3) is 5.91 Å². The number of hydrogen-bond donors (Lipinski definition) is 1. The molecule has 1 N–H and O–H groups in total. The number of hydrogen-bond acceptors (Lipinski definition) is 6. The van der Waals surface area contributed by atoms with E-state index in [-0.39, 0.29) is 16.8 Å². The number of carbonyl (C=O) groups is 3. The van der Waals surface area contributed by atoms with Crippen LogP contribution >= 0.6 is 0 Å². The van der Waals surface area contributed by atoms with E-state index in [4.69, 9.17) is 14.5 Å². The van der Waals surface area contributed by atoms with Crippen LogP contribution in [0.5, 0.6) is 0 Å². The molecule has 7 heteroatoms. The number of esters is 2. The van der Waals surface area contributed by atoms with E-state index >= 15 is 0 Å². The SMILES string of the molecule is COC(=O)c1ccc(C(=O)OC)c(NC(=O)c2c(C)c(-c3ccccc3)nc3ccc(C)cc23)c1. The van der Waals surface area contributed by atoms with Gasteiger partial charge in [-0.05, 0) is 49.7 Å². The predicted octanol–water partition coefficient (Wildman–Crippen LogP) is 5.34. The number of nitrogens with one attached hydrogen (secondary N) is 1. The highest BCUT2D eigenvalue weighted by Gasteiger charge is 2.22. The second-order valence-corrected chi connectivity index (χ2v) is 8.04. The lowest BCUT2D eigenvalue weighted by Crippen LogP contribution is -2.18. The summed E-state index contributed by atoms with van der Waals surface area (Å²) >= 11 is 0. The van der Waals surface area contributed by atoms with Crippen molar-refractivity contribution in [1.29, 1.82) is 0 Å². The minimum atomic E-state index is -0.645. The molecule has 1 amide bonds. The largest absolute Gasteiger partial charge is 0.465 e. The summed E-state index contributed by atoms with van der Waals surface area (Å²) in [5, 5.41) is 3.50. The van der Waals surface area contributed by atoms with Crippen LogP contribution < -0.4 is 5.32 Å². The molecule has 3 aromatic carbocycles. The van der Waals surface area contributed by atoms with Crippen molar-refractivity contribution in [2.75, 3.05) is 19.5 Å². The minimum absolute atomic E-state index is 0.115. The molecule has 0 fully saturated rings. The van der Waals surface area contributed by atoms with Crippen LogP contribution in [0.3, 0.4) is 0 Å². The Morgan fingerprint density at radius 3 is 2.23 bits per heavy atom. The van der Waals surface area contributed by atoms with Crippen LogP contribution in [0.2, 0.25) is 0 Å². The molecule has 0 radical (unpaired) electrons. The Morgan fingerprint density at radius 1 is 0.829 bits per heavy atom. The van der Waals surface area contributed by atoms with Crippen molar-refractivity contribution in [3.05, 3.63) is 94.5 Å². The Bertz CT molecular complexity index is 1460. The molecule has 35 heavy (non-hydrogen) atoms. The van der Waals surface area contributed by atoms with Crippen molar-refractivity contribution in [1.82, 2.24) is 4.98 Å². The molecule has 0 atom stereocenters. The average molecular weight is 469 g/mol. The van der Waals surface area contributed by atoms with E-state index in [2.05, 4.69) is 5.32 Å². The maximum absolute atomic E-state index is 13.8. The quantitative estimate of drug-likeness (QED) is 0.397. The number of aromatic nitrogens is 1. The van der Waals surface area contributed by atoms with Gasteiger partial charge in [-0.25, -0.2) is 14.6 Å². The molecule has 0 aliphatic carbocycles. The first kappa shape index (κ1) is 23.6. The van der Waals surface area contributed by atoms with Crippen LogP contribution in [0, 0.1) is 13.8 Å². The molecule has 0 unspecified atom stereocenters. The normalized spacial score (nSPS) is 10.6. The van der Waals surface area contributed by atoms with Crippen molar-refractivity contribution in [3.63, 3.8) is 0 Å². The monoisotopic (exact) mass is 468 g/mol. The van der Waals surface area contributed by atoms with Crippen LogP contribution in [0.15, 0.2) is 66.7 Å². The van der Waals surface area contributed by atoms with Gasteiger partial charge in [-0.15, -0.1) is 0 Å². The molecule has 1 aromatic heterocycles. The topological polar surface area (TPSA) is 94.6 Å². The van der Waals surface area contributed by atoms with Gasteiger partial charge in [0, 0.05) is 10.9 Å². The first-order valence-electron chi connectivity index (χ1n) is 10.9. The van der Waals surface area contributed by atoms with Crippen LogP contribution in [0.1, 0.15) is 42.2 Å². The summed E-state index contributed by atoms with van der Waals surface area (Å²) in [5.41, 5.74) is 4.77. The number of rotatable bonds is 5. The summed E-state index contributed by atoms with van der Waals surface area (Å²) in [6.07, 6.45) is 0. The van der Waals surface area contributed by atoms with E-state index in [1.165, 1.54) is 32.4 Å². The van der Waals surface area contributed by atoms with Crippen molar-refractivity contribution in [2.45, 2.75) is 13.8 Å². The Kier molecular flexibility index (Phi) is 6.59. The lowest BCUT2D eigenvalue weighted by molar-refractivity contribution is 0.0587. The second kappa shape index (κ2) is 9.77. The number of carbonyl (C=O) groups excluding carboxylic acids is 3. The van der Waals surface area contributed by atoms with Gasteiger partial charge in [0.05, 0.1) is 47.8 Å². The summed E-state index contributed by atoms with van der Waals surface area (Å²) < 4.78 is 9.65. The fourth-order valence-corrected chi connectivity index (χ4v) is 4.01. The number of benzene rings is 3. The van der Waals surface area contributed by atoms with E-state index in [1.54, 1.807) is 0 Å². The van der Waals surface area contributed by atoms with Crippen LogP contribution in [0.25, 0.3) is 22.2 Å². The number of pyridine rings is 1. The standard InChI is InChI=1S/C28H24N2O5/c1-16-10-13-22-21(14-16)24(17(2)25(29-22)18-8-6-5-7-9-18)26(31)30-23-15-19(27(32)34-3)11-12-20(23)28(33)35-4/h5-15H,1-4H3,(H,30,31). The fourth-order valence-electron chi connectivity index (χ4n) is 4.01. The van der Waals surface area contributed by atoms with E-state index in [1.807, 2.05) is 62.4 Å². The zero-order valence-electron chi connectivity index (χ0n) is 19.8. The third kappa shape index (κ3) is 4.61. The summed E-state index contributed by atoms with van der Waals surface area (Å²) in [4.78, 5) is 43.0. The van der Waals surface area contributed by atoms with Crippen LogP contribution in [-0.4, -0.2) is 37.0 Å². The summed E-state index contributed by atoms with van der Waals surface area (Å²) in [5.74, 6) is -1.68. The Labute approximate surface area is 202 Å². The molecular formula is C28H24N2O5. The van der Waals surface area contributed by atoms with Gasteiger partial charge in [-0.1, -0.05) is 42.0 Å². The Balaban J connectivity index is 1.89. The molecule has 0 spiro atoms. The molecule has 1 heterocycles. The highest BCUT2D eigenvalue weighted by Crippen LogP contribution is 2.31. The maximum Gasteiger partial charge on any atom is 0.339 e. The second-order valence-electron chi connectivity index (χ2n) is 8.04. The highest BCUT2D eigenvalue weighted by molar-refractivity contribution is 6.16. The van der Waals surface area contributed by atoms with Gasteiger partial charge in [0.2, 0.25) is 0 Å². The Morgan fingerprint density at radius 2 is 1.54 bits per heavy atom. The van der Waals surface area contributed by atoms with Gasteiger partial charge in [-0.2, -0.15) is 0 Å². The lowest BCUT2D eigenvalue weighted by Gasteiger charge is -2.17. The van der Waals surface area contributed by atoms with Crippen molar-refractivity contribution in [2.24, 2.45) is 0 Å². The number of nitrogens with zero attached hydrogens (tertiary/aromatic N) is 1. The van der Waals surface area contributed by atoms with Crippen LogP contribution in [0.4, 0.5) is 5.69 Å². The van der Waals surface area contributed by atoms with E-state index < -0.39 is 17.8 Å². The van der Waals surface area contributed by atoms with Gasteiger partial charge in [0.1, 0.15) is 0 Å². The van der Waals surface area contributed by atoms with Gasteiger partial charge in [-0.3, -0.25) is 4.79 Å². The first-order chi connectivity index (χ1) is 16.8. The first-order valence-corrected chi connectivity index (χ1v) is 10.9. The number of methoxy groups -OCH3 is 2. The van der Waals surface area contributed by atoms with Gasteiger partial charge >= 0.3 is 11.9 Å². The zero-order chi connectivity index (χ0) is 25.1. The van der Waals surface area contributed by atoms with E-state index in [0.29, 0.717) is 27.7 Å². The maximum atomic E-state index is 13.8. The third-order valence-electron chi connectivity index (χ3n) is 5.75. The van der Waals surface area contributed by atoms with Gasteiger partial charge < -0.3 is 14.8 Å². The molecule has 4 rings (SSSR count). The van der Waals surface area contributed by atoms with Gasteiger partial charge in [0.15, 0.2) is 0 Å². The zero-order valence-corrected chi connectivity index (χ0v) is 19.8. The van der Waals surface area contributed by atoms with Crippen molar-refractivity contribution >= 4 is 34.4 Å². The molecule has 0 saturated carbocycles. The Hall–Kier alpha value is -4.52. The average Bonchev–Trinajstić information content (AvgIpc) is 2.87. The van der Waals surface area contributed by atoms with E-state index in [9.17, 15) is 14.4 Å². The number of anilines is 1.